The van der Waals surface area contributed by atoms with E-state index in [-0.39, 0.29) is 23.2 Å². The molecule has 3 aromatic rings. The third kappa shape index (κ3) is 3.77. The van der Waals surface area contributed by atoms with E-state index in [9.17, 15) is 12.8 Å². The number of aromatic nitrogens is 2. The Morgan fingerprint density at radius 1 is 1.17 bits per heavy atom. The van der Waals surface area contributed by atoms with Crippen LogP contribution in [0.25, 0.3) is 11.4 Å². The van der Waals surface area contributed by atoms with Crippen LogP contribution in [0, 0.1) is 5.82 Å². The van der Waals surface area contributed by atoms with E-state index < -0.39 is 9.84 Å². The highest BCUT2D eigenvalue weighted by Gasteiger charge is 2.11. The van der Waals surface area contributed by atoms with E-state index in [4.69, 9.17) is 9.26 Å². The predicted octanol–water partition coefficient (Wildman–Crippen LogP) is 2.86. The average molecular weight is 348 g/mol. The molecule has 0 aliphatic rings. The Morgan fingerprint density at radius 3 is 2.62 bits per heavy atom. The van der Waals surface area contributed by atoms with Crippen LogP contribution in [0.2, 0.25) is 0 Å². The highest BCUT2D eigenvalue weighted by atomic mass is 32.2. The van der Waals surface area contributed by atoms with E-state index >= 15 is 0 Å². The fourth-order valence-corrected chi connectivity index (χ4v) is 2.63. The topological polar surface area (TPSA) is 82.3 Å². The van der Waals surface area contributed by atoms with Crippen LogP contribution in [0.4, 0.5) is 4.39 Å². The van der Waals surface area contributed by atoms with Crippen LogP contribution in [0.15, 0.2) is 57.9 Å². The Labute approximate surface area is 137 Å². The molecular formula is C16H13FN2O4S. The standard InChI is InChI=1S/C16H13FN2O4S/c1-24(20,21)14-4-2-3-13(9-14)22-10-15-18-16(19-23-15)11-5-7-12(17)8-6-11/h2-9H,10H2,1H3. The van der Waals surface area contributed by atoms with Crippen LogP contribution in [-0.2, 0) is 16.4 Å². The maximum Gasteiger partial charge on any atom is 0.264 e. The van der Waals surface area contributed by atoms with E-state index in [0.717, 1.165) is 6.26 Å². The molecule has 124 valence electrons. The van der Waals surface area contributed by atoms with E-state index in [1.165, 1.54) is 24.3 Å². The fourth-order valence-electron chi connectivity index (χ4n) is 1.97. The van der Waals surface area contributed by atoms with Gasteiger partial charge in [0.25, 0.3) is 5.89 Å². The molecule has 0 bridgehead atoms. The maximum atomic E-state index is 12.9. The second kappa shape index (κ2) is 6.40. The van der Waals surface area contributed by atoms with Gasteiger partial charge in [0.1, 0.15) is 11.6 Å². The molecule has 2 aromatic carbocycles. The van der Waals surface area contributed by atoms with Crippen LogP contribution < -0.4 is 4.74 Å². The molecule has 0 aliphatic heterocycles. The second-order valence-corrected chi connectivity index (χ2v) is 7.07. The highest BCUT2D eigenvalue weighted by molar-refractivity contribution is 7.90. The van der Waals surface area contributed by atoms with Crippen molar-refractivity contribution in [2.75, 3.05) is 6.26 Å². The van der Waals surface area contributed by atoms with Crippen molar-refractivity contribution in [3.63, 3.8) is 0 Å². The van der Waals surface area contributed by atoms with E-state index in [1.807, 2.05) is 0 Å². The number of hydrogen-bond donors (Lipinski definition) is 0. The number of rotatable bonds is 5. The lowest BCUT2D eigenvalue weighted by Gasteiger charge is -2.04. The molecule has 0 saturated heterocycles. The molecule has 0 saturated carbocycles. The second-order valence-electron chi connectivity index (χ2n) is 5.05. The minimum atomic E-state index is -3.31. The Morgan fingerprint density at radius 2 is 1.92 bits per heavy atom. The molecule has 24 heavy (non-hydrogen) atoms. The molecule has 3 rings (SSSR count). The minimum Gasteiger partial charge on any atom is -0.484 e. The van der Waals surface area contributed by atoms with Gasteiger partial charge in [0.05, 0.1) is 4.90 Å². The number of hydrogen-bond acceptors (Lipinski definition) is 6. The molecule has 8 heteroatoms. The van der Waals surface area contributed by atoms with Crippen molar-refractivity contribution >= 4 is 9.84 Å². The summed E-state index contributed by atoms with van der Waals surface area (Å²) >= 11 is 0. The van der Waals surface area contributed by atoms with Gasteiger partial charge in [0.15, 0.2) is 16.4 Å². The van der Waals surface area contributed by atoms with Gasteiger partial charge in [0.2, 0.25) is 5.82 Å². The Bertz CT molecular complexity index is 952. The van der Waals surface area contributed by atoms with E-state index in [0.29, 0.717) is 17.1 Å². The molecule has 0 unspecified atom stereocenters. The molecule has 0 fully saturated rings. The van der Waals surface area contributed by atoms with Crippen molar-refractivity contribution in [2.45, 2.75) is 11.5 Å². The van der Waals surface area contributed by atoms with Gasteiger partial charge in [-0.3, -0.25) is 0 Å². The van der Waals surface area contributed by atoms with Gasteiger partial charge in [-0.05, 0) is 42.5 Å². The van der Waals surface area contributed by atoms with Crippen molar-refractivity contribution in [1.29, 1.82) is 0 Å². The van der Waals surface area contributed by atoms with Gasteiger partial charge in [-0.15, -0.1) is 0 Å². The molecule has 0 radical (unpaired) electrons. The van der Waals surface area contributed by atoms with Gasteiger partial charge < -0.3 is 9.26 Å². The average Bonchev–Trinajstić information content (AvgIpc) is 3.02. The summed E-state index contributed by atoms with van der Waals surface area (Å²) in [4.78, 5) is 4.32. The third-order valence-electron chi connectivity index (χ3n) is 3.17. The lowest BCUT2D eigenvalue weighted by atomic mass is 10.2. The summed E-state index contributed by atoms with van der Waals surface area (Å²) in [6.07, 6.45) is 1.12. The molecule has 0 atom stereocenters. The van der Waals surface area contributed by atoms with Gasteiger partial charge in [-0.25, -0.2) is 12.8 Å². The van der Waals surface area contributed by atoms with Crippen LogP contribution >= 0.6 is 0 Å². The van der Waals surface area contributed by atoms with Crippen molar-refractivity contribution in [1.82, 2.24) is 10.1 Å². The summed E-state index contributed by atoms with van der Waals surface area (Å²) in [6.45, 7) is -0.0125. The van der Waals surface area contributed by atoms with Crippen molar-refractivity contribution in [3.8, 4) is 17.1 Å². The first-order chi connectivity index (χ1) is 11.4. The smallest absolute Gasteiger partial charge is 0.264 e. The zero-order chi connectivity index (χ0) is 17.2. The summed E-state index contributed by atoms with van der Waals surface area (Å²) < 4.78 is 46.5. The SMILES string of the molecule is CS(=O)(=O)c1cccc(OCc2nc(-c3ccc(F)cc3)no2)c1. The third-order valence-corrected chi connectivity index (χ3v) is 4.28. The zero-order valence-corrected chi connectivity index (χ0v) is 13.5. The van der Waals surface area contributed by atoms with Gasteiger partial charge >= 0.3 is 0 Å². The normalized spacial score (nSPS) is 11.4. The molecule has 1 heterocycles. The van der Waals surface area contributed by atoms with Crippen LogP contribution in [0.3, 0.4) is 0 Å². The Hall–Kier alpha value is -2.74. The lowest BCUT2D eigenvalue weighted by Crippen LogP contribution is -1.99. The van der Waals surface area contributed by atoms with Crippen molar-refractivity contribution in [3.05, 3.63) is 60.2 Å². The van der Waals surface area contributed by atoms with Crippen LogP contribution in [-0.4, -0.2) is 24.8 Å². The minimum absolute atomic E-state index is 0.0125. The van der Waals surface area contributed by atoms with E-state index in [1.54, 1.807) is 24.3 Å². The monoisotopic (exact) mass is 348 g/mol. The number of ether oxygens (including phenoxy) is 1. The maximum absolute atomic E-state index is 12.9. The summed E-state index contributed by atoms with van der Waals surface area (Å²) in [5.74, 6) is 0.564. The molecule has 1 aromatic heterocycles. The Balaban J connectivity index is 1.71. The van der Waals surface area contributed by atoms with Crippen molar-refractivity contribution in [2.24, 2.45) is 0 Å². The quantitative estimate of drug-likeness (QED) is 0.705. The van der Waals surface area contributed by atoms with Crippen LogP contribution in [0.1, 0.15) is 5.89 Å². The summed E-state index contributed by atoms with van der Waals surface area (Å²) in [5.41, 5.74) is 0.616. The number of halogens is 1. The van der Waals surface area contributed by atoms with Crippen LogP contribution in [0.5, 0.6) is 5.75 Å². The molecule has 6 nitrogen and oxygen atoms in total. The van der Waals surface area contributed by atoms with Gasteiger partial charge in [-0.1, -0.05) is 11.2 Å². The number of sulfone groups is 1. The fraction of sp³-hybridized carbons (Fsp3) is 0.125. The first-order valence-electron chi connectivity index (χ1n) is 6.93. The summed E-state index contributed by atoms with van der Waals surface area (Å²) in [7, 11) is -3.31. The summed E-state index contributed by atoms with van der Waals surface area (Å²) in [6, 6.07) is 11.8. The number of benzene rings is 2. The molecule has 0 N–H and O–H groups in total. The molecule has 0 aliphatic carbocycles. The summed E-state index contributed by atoms with van der Waals surface area (Å²) in [5, 5.41) is 3.80. The molecule has 0 spiro atoms. The van der Waals surface area contributed by atoms with Crippen molar-refractivity contribution < 1.29 is 22.1 Å². The molecule has 0 amide bonds. The highest BCUT2D eigenvalue weighted by Crippen LogP contribution is 2.20. The van der Waals surface area contributed by atoms with Gasteiger partial charge in [-0.2, -0.15) is 4.98 Å². The lowest BCUT2D eigenvalue weighted by molar-refractivity contribution is 0.242. The first kappa shape index (κ1) is 16.1. The Kier molecular flexibility index (Phi) is 4.30. The first-order valence-corrected chi connectivity index (χ1v) is 8.82. The largest absolute Gasteiger partial charge is 0.484 e. The van der Waals surface area contributed by atoms with E-state index in [2.05, 4.69) is 10.1 Å². The number of nitrogens with zero attached hydrogens (tertiary/aromatic N) is 2. The predicted molar refractivity (Wildman–Crippen MR) is 83.6 cm³/mol. The molecular weight excluding hydrogens is 335 g/mol. The van der Waals surface area contributed by atoms with Gasteiger partial charge in [0, 0.05) is 11.8 Å². The zero-order valence-electron chi connectivity index (χ0n) is 12.6.